The maximum Gasteiger partial charge on any atom is 0.309 e. The Labute approximate surface area is 145 Å². The fourth-order valence-electron chi connectivity index (χ4n) is 5.55. The van der Waals surface area contributed by atoms with Gasteiger partial charge in [-0.25, -0.2) is 0 Å². The van der Waals surface area contributed by atoms with Crippen LogP contribution in [0.1, 0.15) is 59.2 Å². The van der Waals surface area contributed by atoms with Crippen LogP contribution in [-0.4, -0.2) is 33.2 Å². The molecule has 4 bridgehead atoms. The van der Waals surface area contributed by atoms with E-state index in [9.17, 15) is 19.5 Å². The molecule has 0 unspecified atom stereocenters. The Morgan fingerprint density at radius 2 is 1.32 bits per heavy atom. The number of carbonyl (C=O) groups excluding carboxylic acids is 2. The minimum absolute atomic E-state index is 0.130. The molecule has 2 N–H and O–H groups in total. The standard InChI is InChI=1S/C11H16O2.C8H5NO3/c12-10(13)11-4-7-1-8(5-11)3-9(2-7)6-11;10-7-5-3-1-2-4-6(5)8(11)9(7)12/h7-9H,1-6H2,(H,12,13);1-4,12H. The summed E-state index contributed by atoms with van der Waals surface area (Å²) < 4.78 is 0. The largest absolute Gasteiger partial charge is 0.481 e. The van der Waals surface area contributed by atoms with Gasteiger partial charge < -0.3 is 5.11 Å². The Morgan fingerprint density at radius 1 is 0.920 bits per heavy atom. The number of aliphatic carboxylic acids is 1. The molecule has 2 amide bonds. The summed E-state index contributed by atoms with van der Waals surface area (Å²) in [6, 6.07) is 6.30. The van der Waals surface area contributed by atoms with Crippen molar-refractivity contribution in [1.29, 1.82) is 0 Å². The maximum absolute atomic E-state index is 11.3. The third-order valence-electron chi connectivity index (χ3n) is 6.26. The molecule has 0 atom stereocenters. The fourth-order valence-corrected chi connectivity index (χ4v) is 5.55. The van der Waals surface area contributed by atoms with Crippen molar-refractivity contribution in [1.82, 2.24) is 5.06 Å². The molecule has 25 heavy (non-hydrogen) atoms. The Kier molecular flexibility index (Phi) is 3.68. The highest BCUT2D eigenvalue weighted by atomic mass is 16.5. The summed E-state index contributed by atoms with van der Waals surface area (Å²) in [5.74, 6) is 0.435. The number of amides is 2. The van der Waals surface area contributed by atoms with Gasteiger partial charge in [-0.05, 0) is 68.4 Å². The second kappa shape index (κ2) is 5.66. The van der Waals surface area contributed by atoms with E-state index in [2.05, 4.69) is 0 Å². The molecule has 6 rings (SSSR count). The van der Waals surface area contributed by atoms with Gasteiger partial charge >= 0.3 is 5.97 Å². The highest BCUT2D eigenvalue weighted by Crippen LogP contribution is 2.60. The van der Waals surface area contributed by atoms with Gasteiger partial charge in [-0.15, -0.1) is 5.06 Å². The van der Waals surface area contributed by atoms with Crippen LogP contribution < -0.4 is 0 Å². The highest BCUT2D eigenvalue weighted by molar-refractivity contribution is 6.20. The molecule has 6 nitrogen and oxygen atoms in total. The summed E-state index contributed by atoms with van der Waals surface area (Å²) in [4.78, 5) is 33.4. The van der Waals surface area contributed by atoms with Gasteiger partial charge in [-0.2, -0.15) is 0 Å². The number of carboxylic acids is 1. The molecule has 1 heterocycles. The highest BCUT2D eigenvalue weighted by Gasteiger charge is 2.54. The molecule has 0 spiro atoms. The van der Waals surface area contributed by atoms with E-state index in [4.69, 9.17) is 5.21 Å². The number of carboxylic acid groups (broad SMARTS) is 1. The third-order valence-corrected chi connectivity index (χ3v) is 6.26. The summed E-state index contributed by atoms with van der Waals surface area (Å²) >= 11 is 0. The first-order valence-electron chi connectivity index (χ1n) is 8.80. The number of hydroxylamine groups is 2. The van der Waals surface area contributed by atoms with Crippen molar-refractivity contribution in [3.63, 3.8) is 0 Å². The van der Waals surface area contributed by atoms with Gasteiger partial charge in [-0.1, -0.05) is 12.1 Å². The second-order valence-corrected chi connectivity index (χ2v) is 7.97. The smallest absolute Gasteiger partial charge is 0.309 e. The Bertz CT molecular complexity index is 686. The monoisotopic (exact) mass is 343 g/mol. The van der Waals surface area contributed by atoms with Crippen LogP contribution in [0, 0.1) is 23.2 Å². The molecule has 1 aromatic rings. The van der Waals surface area contributed by atoms with Gasteiger partial charge in [0.05, 0.1) is 16.5 Å². The van der Waals surface area contributed by atoms with Crippen LogP contribution in [0.5, 0.6) is 0 Å². The molecule has 0 aromatic heterocycles. The molecule has 0 saturated heterocycles. The topological polar surface area (TPSA) is 94.9 Å². The van der Waals surface area contributed by atoms with E-state index in [-0.39, 0.29) is 21.6 Å². The van der Waals surface area contributed by atoms with Gasteiger partial charge in [-0.3, -0.25) is 19.6 Å². The molecule has 5 aliphatic rings. The first-order chi connectivity index (χ1) is 11.9. The predicted molar refractivity (Wildman–Crippen MR) is 87.0 cm³/mol. The number of carbonyl (C=O) groups is 3. The van der Waals surface area contributed by atoms with Crippen molar-refractivity contribution in [2.24, 2.45) is 23.2 Å². The number of hydrogen-bond donors (Lipinski definition) is 2. The van der Waals surface area contributed by atoms with Crippen molar-refractivity contribution in [2.75, 3.05) is 0 Å². The van der Waals surface area contributed by atoms with E-state index >= 15 is 0 Å². The van der Waals surface area contributed by atoms with Crippen molar-refractivity contribution in [3.8, 4) is 0 Å². The van der Waals surface area contributed by atoms with Crippen molar-refractivity contribution < 1.29 is 24.7 Å². The lowest BCUT2D eigenvalue weighted by molar-refractivity contribution is -0.164. The van der Waals surface area contributed by atoms with E-state index in [0.717, 1.165) is 37.0 Å². The number of nitrogens with zero attached hydrogens (tertiary/aromatic N) is 1. The van der Waals surface area contributed by atoms with Crippen LogP contribution in [0.3, 0.4) is 0 Å². The average Bonchev–Trinajstić information content (AvgIpc) is 2.79. The summed E-state index contributed by atoms with van der Waals surface area (Å²) in [6.45, 7) is 0. The Hall–Kier alpha value is -2.21. The maximum atomic E-state index is 11.3. The summed E-state index contributed by atoms with van der Waals surface area (Å²) in [7, 11) is 0. The zero-order chi connectivity index (χ0) is 17.8. The number of imide groups is 1. The van der Waals surface area contributed by atoms with Gasteiger partial charge in [0.1, 0.15) is 0 Å². The zero-order valence-corrected chi connectivity index (χ0v) is 13.9. The zero-order valence-electron chi connectivity index (χ0n) is 13.9. The van der Waals surface area contributed by atoms with E-state index in [0.29, 0.717) is 0 Å². The first kappa shape index (κ1) is 16.3. The van der Waals surface area contributed by atoms with Crippen LogP contribution in [0.4, 0.5) is 0 Å². The average molecular weight is 343 g/mol. The molecular formula is C19H21NO5. The van der Waals surface area contributed by atoms with Crippen molar-refractivity contribution in [3.05, 3.63) is 35.4 Å². The molecule has 132 valence electrons. The Morgan fingerprint density at radius 3 is 1.68 bits per heavy atom. The lowest BCUT2D eigenvalue weighted by Gasteiger charge is -2.54. The molecule has 1 aliphatic heterocycles. The molecular weight excluding hydrogens is 322 g/mol. The van der Waals surface area contributed by atoms with Crippen LogP contribution >= 0.6 is 0 Å². The fraction of sp³-hybridized carbons (Fsp3) is 0.526. The third kappa shape index (κ3) is 2.56. The molecule has 0 radical (unpaired) electrons. The molecule has 4 saturated carbocycles. The molecule has 1 aromatic carbocycles. The summed E-state index contributed by atoms with van der Waals surface area (Å²) in [5, 5.41) is 18.3. The number of rotatable bonds is 1. The van der Waals surface area contributed by atoms with Crippen LogP contribution in [0.15, 0.2) is 24.3 Å². The molecule has 4 fully saturated rings. The quantitative estimate of drug-likeness (QED) is 0.604. The van der Waals surface area contributed by atoms with E-state index in [1.807, 2.05) is 0 Å². The normalized spacial score (nSPS) is 34.6. The van der Waals surface area contributed by atoms with Crippen LogP contribution in [-0.2, 0) is 4.79 Å². The molecule has 6 heteroatoms. The van der Waals surface area contributed by atoms with Crippen molar-refractivity contribution >= 4 is 17.8 Å². The van der Waals surface area contributed by atoms with Crippen LogP contribution in [0.2, 0.25) is 0 Å². The van der Waals surface area contributed by atoms with Crippen LogP contribution in [0.25, 0.3) is 0 Å². The van der Waals surface area contributed by atoms with Crippen molar-refractivity contribution in [2.45, 2.75) is 38.5 Å². The van der Waals surface area contributed by atoms with Gasteiger partial charge in [0.15, 0.2) is 0 Å². The lowest BCUT2D eigenvalue weighted by atomic mass is 9.49. The van der Waals surface area contributed by atoms with E-state index in [1.165, 1.54) is 31.4 Å². The minimum atomic E-state index is -0.657. The van der Waals surface area contributed by atoms with Gasteiger partial charge in [0, 0.05) is 0 Å². The first-order valence-corrected chi connectivity index (χ1v) is 8.80. The van der Waals surface area contributed by atoms with E-state index in [1.54, 1.807) is 12.1 Å². The van der Waals surface area contributed by atoms with Gasteiger partial charge in [0.2, 0.25) is 0 Å². The second-order valence-electron chi connectivity index (χ2n) is 7.97. The SMILES string of the molecule is O=C(O)C12CC3CC(CC(C3)C1)C2.O=C1c2ccccc2C(=O)N1O. The summed E-state index contributed by atoms with van der Waals surface area (Å²) in [5.41, 5.74) is 0.226. The van der Waals surface area contributed by atoms with E-state index < -0.39 is 17.8 Å². The Balaban J connectivity index is 0.000000126. The summed E-state index contributed by atoms with van der Waals surface area (Å²) in [6.07, 6.45) is 6.92. The predicted octanol–water partition coefficient (Wildman–Crippen LogP) is 2.96. The lowest BCUT2D eigenvalue weighted by Crippen LogP contribution is -2.49. The minimum Gasteiger partial charge on any atom is -0.481 e. The number of fused-ring (bicyclic) bond motifs is 1. The number of benzene rings is 1. The number of hydrogen-bond acceptors (Lipinski definition) is 4. The molecule has 4 aliphatic carbocycles. The van der Waals surface area contributed by atoms with Gasteiger partial charge in [0.25, 0.3) is 11.8 Å².